The van der Waals surface area contributed by atoms with Crippen molar-refractivity contribution in [3.8, 4) is 5.75 Å². The Hall–Kier alpha value is -1.10. The lowest BCUT2D eigenvalue weighted by molar-refractivity contribution is 0.0111. The van der Waals surface area contributed by atoms with E-state index in [1.807, 2.05) is 0 Å². The average molecular weight is 290 g/mol. The molecule has 0 aliphatic carbocycles. The van der Waals surface area contributed by atoms with Crippen LogP contribution in [0, 0.1) is 0 Å². The maximum Gasteiger partial charge on any atom is 0.122 e. The van der Waals surface area contributed by atoms with Crippen LogP contribution in [-0.2, 0) is 12.8 Å². The number of likely N-dealkylation sites (N-methyl/N-ethyl adjacent to an activating group) is 2. The van der Waals surface area contributed by atoms with Gasteiger partial charge < -0.3 is 14.7 Å². The first kappa shape index (κ1) is 14.8. The first-order chi connectivity index (χ1) is 10.1. The molecule has 3 rings (SSSR count). The molecule has 1 saturated heterocycles. The van der Waals surface area contributed by atoms with Gasteiger partial charge in [-0.25, -0.2) is 0 Å². The highest BCUT2D eigenvalue weighted by atomic mass is 16.5. The van der Waals surface area contributed by atoms with Gasteiger partial charge >= 0.3 is 0 Å². The number of aliphatic hydroxyl groups is 1. The van der Waals surface area contributed by atoms with Gasteiger partial charge in [0.1, 0.15) is 5.75 Å². The van der Waals surface area contributed by atoms with Crippen molar-refractivity contribution in [1.82, 2.24) is 9.80 Å². The van der Waals surface area contributed by atoms with Crippen molar-refractivity contribution >= 4 is 0 Å². The Labute approximate surface area is 127 Å². The molecule has 0 radical (unpaired) electrons. The second kappa shape index (κ2) is 6.34. The molecule has 21 heavy (non-hydrogen) atoms. The molecule has 0 amide bonds. The number of aryl methyl sites for hydroxylation is 1. The van der Waals surface area contributed by atoms with Crippen LogP contribution in [-0.4, -0.2) is 67.4 Å². The molecule has 1 aromatic carbocycles. The van der Waals surface area contributed by atoms with Gasteiger partial charge in [0, 0.05) is 32.1 Å². The molecule has 4 heteroatoms. The van der Waals surface area contributed by atoms with Crippen LogP contribution in [0.5, 0.6) is 5.75 Å². The number of piperazine rings is 1. The predicted molar refractivity (Wildman–Crippen MR) is 83.9 cm³/mol. The molecule has 0 saturated carbocycles. The Morgan fingerprint density at radius 2 is 2.19 bits per heavy atom. The molecule has 0 spiro atoms. The topological polar surface area (TPSA) is 35.9 Å². The van der Waals surface area contributed by atoms with Gasteiger partial charge in [-0.3, -0.25) is 4.90 Å². The highest BCUT2D eigenvalue weighted by Crippen LogP contribution is 2.26. The number of hydrogen-bond donors (Lipinski definition) is 1. The van der Waals surface area contributed by atoms with Crippen molar-refractivity contribution in [2.24, 2.45) is 0 Å². The van der Waals surface area contributed by atoms with Crippen LogP contribution in [0.4, 0.5) is 0 Å². The van der Waals surface area contributed by atoms with Crippen molar-refractivity contribution in [3.05, 3.63) is 29.3 Å². The molecule has 2 aliphatic heterocycles. The van der Waals surface area contributed by atoms with Crippen molar-refractivity contribution in [2.75, 3.05) is 40.3 Å². The summed E-state index contributed by atoms with van der Waals surface area (Å²) in [5.74, 6) is 1.04. The highest BCUT2D eigenvalue weighted by molar-refractivity contribution is 5.39. The SMILES string of the molecule is CN1CCN(C)C(C(O)CCc2ccc3c(c2)CCO3)C1. The first-order valence-corrected chi connectivity index (χ1v) is 7.95. The second-order valence-corrected chi connectivity index (χ2v) is 6.46. The third kappa shape index (κ3) is 3.39. The van der Waals surface area contributed by atoms with Gasteiger partial charge in [-0.1, -0.05) is 12.1 Å². The molecule has 2 aliphatic rings. The Morgan fingerprint density at radius 3 is 3.05 bits per heavy atom. The number of ether oxygens (including phenoxy) is 1. The van der Waals surface area contributed by atoms with Gasteiger partial charge in [0.15, 0.2) is 0 Å². The predicted octanol–water partition coefficient (Wildman–Crippen LogP) is 1.16. The van der Waals surface area contributed by atoms with Gasteiger partial charge in [-0.15, -0.1) is 0 Å². The van der Waals surface area contributed by atoms with Gasteiger partial charge in [-0.05, 0) is 44.1 Å². The number of benzene rings is 1. The summed E-state index contributed by atoms with van der Waals surface area (Å²) in [5.41, 5.74) is 2.63. The van der Waals surface area contributed by atoms with Crippen molar-refractivity contribution in [2.45, 2.75) is 31.4 Å². The molecule has 4 nitrogen and oxygen atoms in total. The fourth-order valence-corrected chi connectivity index (χ4v) is 3.36. The smallest absolute Gasteiger partial charge is 0.122 e. The zero-order valence-electron chi connectivity index (χ0n) is 13.1. The fraction of sp³-hybridized carbons (Fsp3) is 0.647. The maximum atomic E-state index is 10.5. The van der Waals surface area contributed by atoms with E-state index in [0.29, 0.717) is 0 Å². The van der Waals surface area contributed by atoms with Gasteiger partial charge in [0.05, 0.1) is 12.7 Å². The lowest BCUT2D eigenvalue weighted by atomic mass is 9.98. The standard InChI is InChI=1S/C17H26N2O2/c1-18-8-9-19(2)15(12-18)16(20)5-3-13-4-6-17-14(11-13)7-10-21-17/h4,6,11,15-16,20H,3,5,7-10,12H2,1-2H3. The molecule has 1 aromatic rings. The largest absolute Gasteiger partial charge is 0.493 e. The third-order valence-electron chi connectivity index (χ3n) is 4.83. The van der Waals surface area contributed by atoms with Crippen LogP contribution in [0.15, 0.2) is 18.2 Å². The van der Waals surface area contributed by atoms with Crippen LogP contribution in [0.3, 0.4) is 0 Å². The van der Waals surface area contributed by atoms with E-state index in [9.17, 15) is 5.11 Å². The summed E-state index contributed by atoms with van der Waals surface area (Å²) >= 11 is 0. The molecular formula is C17H26N2O2. The summed E-state index contributed by atoms with van der Waals surface area (Å²) < 4.78 is 5.54. The Kier molecular flexibility index (Phi) is 4.48. The average Bonchev–Trinajstić information content (AvgIpc) is 2.94. The molecule has 1 N–H and O–H groups in total. The molecule has 2 atom stereocenters. The third-order valence-corrected chi connectivity index (χ3v) is 4.83. The first-order valence-electron chi connectivity index (χ1n) is 7.95. The second-order valence-electron chi connectivity index (χ2n) is 6.46. The van der Waals surface area contributed by atoms with E-state index in [-0.39, 0.29) is 12.1 Å². The van der Waals surface area contributed by atoms with Gasteiger partial charge in [0.2, 0.25) is 0 Å². The zero-order chi connectivity index (χ0) is 14.8. The number of fused-ring (bicyclic) bond motifs is 1. The summed E-state index contributed by atoms with van der Waals surface area (Å²) in [4.78, 5) is 4.60. The van der Waals surface area contributed by atoms with Crippen LogP contribution in [0.1, 0.15) is 17.5 Å². The van der Waals surface area contributed by atoms with E-state index in [4.69, 9.17) is 4.74 Å². The number of rotatable bonds is 4. The molecule has 116 valence electrons. The molecule has 0 bridgehead atoms. The van der Waals surface area contributed by atoms with Crippen molar-refractivity contribution in [3.63, 3.8) is 0 Å². The van der Waals surface area contributed by atoms with E-state index < -0.39 is 0 Å². The monoisotopic (exact) mass is 290 g/mol. The molecule has 2 unspecified atom stereocenters. The number of aliphatic hydroxyl groups excluding tert-OH is 1. The maximum absolute atomic E-state index is 10.5. The van der Waals surface area contributed by atoms with E-state index in [2.05, 4.69) is 42.1 Å². The summed E-state index contributed by atoms with van der Waals surface area (Å²) in [6.45, 7) is 3.88. The summed E-state index contributed by atoms with van der Waals surface area (Å²) in [5, 5.41) is 10.5. The van der Waals surface area contributed by atoms with E-state index >= 15 is 0 Å². The van der Waals surface area contributed by atoms with Crippen molar-refractivity contribution < 1.29 is 9.84 Å². The molecular weight excluding hydrogens is 264 g/mol. The minimum absolute atomic E-state index is 0.251. The van der Waals surface area contributed by atoms with E-state index in [0.717, 1.165) is 51.3 Å². The lowest BCUT2D eigenvalue weighted by Gasteiger charge is -2.40. The van der Waals surface area contributed by atoms with E-state index in [1.54, 1.807) is 0 Å². The van der Waals surface area contributed by atoms with Crippen molar-refractivity contribution in [1.29, 1.82) is 0 Å². The zero-order valence-corrected chi connectivity index (χ0v) is 13.1. The minimum Gasteiger partial charge on any atom is -0.493 e. The quantitative estimate of drug-likeness (QED) is 0.903. The van der Waals surface area contributed by atoms with Crippen LogP contribution in [0.25, 0.3) is 0 Å². The van der Waals surface area contributed by atoms with E-state index in [1.165, 1.54) is 11.1 Å². The molecule has 1 fully saturated rings. The fourth-order valence-electron chi connectivity index (χ4n) is 3.36. The van der Waals surface area contributed by atoms with Crippen LogP contribution in [0.2, 0.25) is 0 Å². The van der Waals surface area contributed by atoms with Gasteiger partial charge in [0.25, 0.3) is 0 Å². The Balaban J connectivity index is 1.56. The summed E-state index contributed by atoms with van der Waals surface area (Å²) in [6.07, 6.45) is 2.51. The Morgan fingerprint density at radius 1 is 1.33 bits per heavy atom. The van der Waals surface area contributed by atoms with Crippen LogP contribution < -0.4 is 4.74 Å². The normalized spacial score (nSPS) is 24.6. The van der Waals surface area contributed by atoms with Gasteiger partial charge in [-0.2, -0.15) is 0 Å². The molecule has 0 aromatic heterocycles. The number of nitrogens with zero attached hydrogens (tertiary/aromatic N) is 2. The minimum atomic E-state index is -0.262. The summed E-state index contributed by atoms with van der Waals surface area (Å²) in [6, 6.07) is 6.70. The molecule has 2 heterocycles. The number of hydrogen-bond acceptors (Lipinski definition) is 4. The lowest BCUT2D eigenvalue weighted by Crippen LogP contribution is -2.55. The Bertz CT molecular complexity index is 492. The highest BCUT2D eigenvalue weighted by Gasteiger charge is 2.28. The summed E-state index contributed by atoms with van der Waals surface area (Å²) in [7, 11) is 4.25. The van der Waals surface area contributed by atoms with Crippen LogP contribution >= 0.6 is 0 Å².